The number of fused-ring (bicyclic) bond motifs is 5. The largest absolute Gasteiger partial charge is 0.394 e. The minimum absolute atomic E-state index is 0.0344. The lowest BCUT2D eigenvalue weighted by atomic mass is 9.47. The smallest absolute Gasteiger partial charge is 0.189 e. The molecule has 62 heavy (non-hydrogen) atoms. The molecule has 8 aliphatic rings. The summed E-state index contributed by atoms with van der Waals surface area (Å²) < 4.78 is 42.1. The maximum absolute atomic E-state index is 14.3. The number of allylic oxidation sites excluding steroid dienone is 2. The van der Waals surface area contributed by atoms with Crippen molar-refractivity contribution < 1.29 is 83.9 Å². The molecule has 17 heteroatoms. The molecule has 26 atom stereocenters. The predicted molar refractivity (Wildman–Crippen MR) is 215 cm³/mol. The van der Waals surface area contributed by atoms with Crippen LogP contribution in [0.2, 0.25) is 0 Å². The molecule has 7 fully saturated rings. The molecule has 26 unspecified atom stereocenters. The van der Waals surface area contributed by atoms with E-state index in [0.717, 1.165) is 38.5 Å². The van der Waals surface area contributed by atoms with Crippen LogP contribution in [0.15, 0.2) is 11.6 Å². The summed E-state index contributed by atoms with van der Waals surface area (Å²) in [6, 6.07) is 0. The second-order valence-electron chi connectivity index (χ2n) is 20.7. The van der Waals surface area contributed by atoms with Crippen molar-refractivity contribution in [2.24, 2.45) is 46.3 Å². The fourth-order valence-electron chi connectivity index (χ4n) is 13.2. The molecule has 8 rings (SSSR count). The second kappa shape index (κ2) is 18.1. The average molecular weight is 885 g/mol. The predicted octanol–water partition coefficient (Wildman–Crippen LogP) is 0.403. The van der Waals surface area contributed by atoms with Crippen molar-refractivity contribution in [2.75, 3.05) is 6.61 Å². The van der Waals surface area contributed by atoms with Gasteiger partial charge in [0.2, 0.25) is 0 Å². The Morgan fingerprint density at radius 3 is 1.85 bits per heavy atom. The fraction of sp³-hybridized carbons (Fsp3) is 0.933. The number of carbonyl (C=O) groups is 1. The van der Waals surface area contributed by atoms with Gasteiger partial charge in [-0.3, -0.25) is 4.79 Å². The highest BCUT2D eigenvalue weighted by Gasteiger charge is 2.61. The van der Waals surface area contributed by atoms with Crippen LogP contribution in [0, 0.1) is 46.3 Å². The molecule has 4 aliphatic carbocycles. The van der Waals surface area contributed by atoms with Crippen molar-refractivity contribution in [3.05, 3.63) is 11.6 Å². The first-order chi connectivity index (χ1) is 29.3. The van der Waals surface area contributed by atoms with Crippen LogP contribution in [0.3, 0.4) is 0 Å². The number of aliphatic hydroxyl groups excluding tert-OH is 9. The highest BCUT2D eigenvalue weighted by molar-refractivity contribution is 5.94. The number of aliphatic hydroxyl groups is 9. The van der Waals surface area contributed by atoms with Gasteiger partial charge in [-0.2, -0.15) is 0 Å². The van der Waals surface area contributed by atoms with Crippen LogP contribution in [0.5, 0.6) is 0 Å². The van der Waals surface area contributed by atoms with Crippen molar-refractivity contribution >= 4 is 5.78 Å². The molecule has 354 valence electrons. The SMILES string of the molecule is CC1CCC(C(C)C2CCC3C4=CC(=O)C5CC(OC6OC(CO)C(OC7OC(C)C(O)C(O)C7O)C(O)C6O)CCC5(C)C4CCC32C)OC1OC1OC(C)C(O)C(O)C1O. The molecule has 0 aromatic carbocycles. The van der Waals surface area contributed by atoms with E-state index in [9.17, 15) is 50.8 Å². The standard InChI is InChI=1S/C45H72O17/c1-18-7-10-29(59-40(18)62-42-37(54)34(51)32(49)21(4)57-42)19(2)24-8-9-25-23-16-28(47)27-15-22(11-13-45(27,6)26(23)12-14-44(24,25)5)58-43-38(55)35(52)39(30(17-46)60-43)61-41-36(53)33(50)31(48)20(3)56-41/h16,18-22,24-27,29-43,46,48-55H,7-15,17H2,1-6H3. The first-order valence-corrected chi connectivity index (χ1v) is 23.2. The summed E-state index contributed by atoms with van der Waals surface area (Å²) >= 11 is 0. The molecule has 0 aromatic heterocycles. The maximum atomic E-state index is 14.3. The molecule has 0 amide bonds. The van der Waals surface area contributed by atoms with Crippen molar-refractivity contribution in [3.8, 4) is 0 Å². The minimum Gasteiger partial charge on any atom is -0.394 e. The van der Waals surface area contributed by atoms with E-state index in [1.807, 2.05) is 13.0 Å². The molecule has 4 aliphatic heterocycles. The maximum Gasteiger partial charge on any atom is 0.189 e. The van der Waals surface area contributed by atoms with Crippen LogP contribution >= 0.6 is 0 Å². The van der Waals surface area contributed by atoms with Gasteiger partial charge in [-0.05, 0) is 112 Å². The summed E-state index contributed by atoms with van der Waals surface area (Å²) in [5.74, 6) is 0.837. The zero-order valence-corrected chi connectivity index (χ0v) is 36.8. The van der Waals surface area contributed by atoms with Gasteiger partial charge in [0.15, 0.2) is 30.9 Å². The van der Waals surface area contributed by atoms with E-state index < -0.39 is 111 Å². The Hall–Kier alpha value is -1.23. The second-order valence-corrected chi connectivity index (χ2v) is 20.7. The van der Waals surface area contributed by atoms with Gasteiger partial charge in [-0.1, -0.05) is 33.3 Å². The number of hydrogen-bond acceptors (Lipinski definition) is 17. The Bertz CT molecular complexity index is 1620. The monoisotopic (exact) mass is 884 g/mol. The van der Waals surface area contributed by atoms with Gasteiger partial charge in [0.25, 0.3) is 0 Å². The molecule has 0 bridgehead atoms. The topological polar surface area (TPSA) is 264 Å². The van der Waals surface area contributed by atoms with Crippen LogP contribution < -0.4 is 0 Å². The molecular weight excluding hydrogens is 812 g/mol. The third-order valence-corrected chi connectivity index (χ3v) is 17.2. The third kappa shape index (κ3) is 8.19. The van der Waals surface area contributed by atoms with Crippen molar-refractivity contribution in [1.29, 1.82) is 0 Å². The van der Waals surface area contributed by atoms with Crippen LogP contribution in [0.25, 0.3) is 0 Å². The number of carbonyl (C=O) groups excluding carboxylic acids is 1. The van der Waals surface area contributed by atoms with E-state index in [0.29, 0.717) is 25.2 Å². The Morgan fingerprint density at radius 2 is 1.21 bits per heavy atom. The summed E-state index contributed by atoms with van der Waals surface area (Å²) in [5.41, 5.74) is 0.942. The molecule has 0 spiro atoms. The van der Waals surface area contributed by atoms with E-state index in [1.54, 1.807) is 6.92 Å². The fourth-order valence-corrected chi connectivity index (χ4v) is 13.2. The first kappa shape index (κ1) is 47.3. The number of ketones is 1. The highest BCUT2D eigenvalue weighted by atomic mass is 16.8. The van der Waals surface area contributed by atoms with E-state index in [4.69, 9.17) is 33.2 Å². The molecule has 17 nitrogen and oxygen atoms in total. The molecule has 9 N–H and O–H groups in total. The van der Waals surface area contributed by atoms with E-state index in [-0.39, 0.29) is 52.3 Å². The summed E-state index contributed by atoms with van der Waals surface area (Å²) in [4.78, 5) is 14.3. The van der Waals surface area contributed by atoms with E-state index in [2.05, 4.69) is 20.8 Å². The van der Waals surface area contributed by atoms with Crippen LogP contribution in [-0.4, -0.2) is 169 Å². The third-order valence-electron chi connectivity index (χ3n) is 17.2. The van der Waals surface area contributed by atoms with Gasteiger partial charge in [0, 0.05) is 11.8 Å². The van der Waals surface area contributed by atoms with Crippen molar-refractivity contribution in [1.82, 2.24) is 0 Å². The molecule has 0 radical (unpaired) electrons. The normalized spacial score (nSPS) is 55.1. The molecular formula is C45H72O17. The lowest BCUT2D eigenvalue weighted by Gasteiger charge is -2.57. The zero-order valence-electron chi connectivity index (χ0n) is 36.8. The summed E-state index contributed by atoms with van der Waals surface area (Å²) in [5, 5.41) is 94.6. The van der Waals surface area contributed by atoms with Crippen LogP contribution in [0.1, 0.15) is 99.3 Å². The summed E-state index contributed by atoms with van der Waals surface area (Å²) in [6.45, 7) is 11.4. The first-order valence-electron chi connectivity index (χ1n) is 23.2. The van der Waals surface area contributed by atoms with Gasteiger partial charge >= 0.3 is 0 Å². The van der Waals surface area contributed by atoms with Gasteiger partial charge in [0.05, 0.1) is 31.0 Å². The van der Waals surface area contributed by atoms with Crippen LogP contribution in [-0.2, 0) is 38.0 Å². The summed E-state index contributed by atoms with van der Waals surface area (Å²) in [6.07, 6.45) is -11.8. The zero-order chi connectivity index (χ0) is 44.7. The van der Waals surface area contributed by atoms with Gasteiger partial charge in [0.1, 0.15) is 61.0 Å². The Balaban J connectivity index is 0.899. The number of ether oxygens (including phenoxy) is 7. The quantitative estimate of drug-likeness (QED) is 0.152. The Labute approximate surface area is 363 Å². The summed E-state index contributed by atoms with van der Waals surface area (Å²) in [7, 11) is 0. The van der Waals surface area contributed by atoms with Gasteiger partial charge < -0.3 is 79.1 Å². The molecule has 4 heterocycles. The van der Waals surface area contributed by atoms with Crippen LogP contribution in [0.4, 0.5) is 0 Å². The lowest BCUT2D eigenvalue weighted by molar-refractivity contribution is -0.361. The van der Waals surface area contributed by atoms with E-state index >= 15 is 0 Å². The lowest BCUT2D eigenvalue weighted by Crippen LogP contribution is -2.64. The Kier molecular flexibility index (Phi) is 13.8. The molecule has 3 saturated carbocycles. The Morgan fingerprint density at radius 1 is 0.629 bits per heavy atom. The van der Waals surface area contributed by atoms with Crippen molar-refractivity contribution in [3.63, 3.8) is 0 Å². The minimum atomic E-state index is -1.66. The van der Waals surface area contributed by atoms with Gasteiger partial charge in [-0.25, -0.2) is 0 Å². The number of hydrogen-bond donors (Lipinski definition) is 9. The highest BCUT2D eigenvalue weighted by Crippen LogP contribution is 2.67. The van der Waals surface area contributed by atoms with E-state index in [1.165, 1.54) is 12.5 Å². The molecule has 0 aromatic rings. The average Bonchev–Trinajstić information content (AvgIpc) is 3.61. The molecule has 4 saturated heterocycles. The van der Waals surface area contributed by atoms with Gasteiger partial charge in [-0.15, -0.1) is 0 Å². The number of rotatable bonds is 9. The van der Waals surface area contributed by atoms with Crippen molar-refractivity contribution in [2.45, 2.75) is 210 Å².